The van der Waals surface area contributed by atoms with Gasteiger partial charge in [0.15, 0.2) is 9.84 Å². The maximum Gasteiger partial charge on any atom is 0.416 e. The number of aryl methyl sites for hydroxylation is 1. The van der Waals surface area contributed by atoms with Crippen LogP contribution in [0.5, 0.6) is 0 Å². The van der Waals surface area contributed by atoms with Gasteiger partial charge in [-0.25, -0.2) is 13.4 Å². The summed E-state index contributed by atoms with van der Waals surface area (Å²) in [5.41, 5.74) is 0.774. The molecular weight excluding hydrogens is 467 g/mol. The highest BCUT2D eigenvalue weighted by Crippen LogP contribution is 2.39. The van der Waals surface area contributed by atoms with E-state index in [0.717, 1.165) is 12.1 Å². The van der Waals surface area contributed by atoms with Gasteiger partial charge in [0.1, 0.15) is 11.3 Å². The fourth-order valence-corrected chi connectivity index (χ4v) is 6.48. The SMILES string of the molecule is Cc1nc2ccccn2c1C(=O)N1CCC(C(C)(C)S(=O)(=O)c2cccc(C(F)(F)F)c2)CC1. The first-order valence-corrected chi connectivity index (χ1v) is 12.5. The molecule has 1 amide bonds. The highest BCUT2D eigenvalue weighted by molar-refractivity contribution is 7.92. The van der Waals surface area contributed by atoms with E-state index < -0.39 is 26.3 Å². The number of imidazole rings is 1. The molecule has 1 aliphatic heterocycles. The summed E-state index contributed by atoms with van der Waals surface area (Å²) in [6.07, 6.45) is -2.00. The number of rotatable bonds is 4. The van der Waals surface area contributed by atoms with Crippen molar-refractivity contribution in [3.05, 3.63) is 65.6 Å². The standard InChI is InChI=1S/C24H26F3N3O3S/c1-16-21(30-12-5-4-9-20(30)28-16)22(31)29-13-10-17(11-14-29)23(2,3)34(32,33)19-8-6-7-18(15-19)24(25,26)27/h4-9,12,15,17H,10-11,13-14H2,1-3H3. The summed E-state index contributed by atoms with van der Waals surface area (Å²) >= 11 is 0. The summed E-state index contributed by atoms with van der Waals surface area (Å²) in [6, 6.07) is 9.36. The predicted molar refractivity (Wildman–Crippen MR) is 121 cm³/mol. The van der Waals surface area contributed by atoms with Crippen molar-refractivity contribution in [1.29, 1.82) is 0 Å². The highest BCUT2D eigenvalue weighted by Gasteiger charge is 2.45. The van der Waals surface area contributed by atoms with Crippen LogP contribution in [-0.2, 0) is 16.0 Å². The van der Waals surface area contributed by atoms with Gasteiger partial charge in [-0.2, -0.15) is 13.2 Å². The molecule has 6 nitrogen and oxygen atoms in total. The van der Waals surface area contributed by atoms with Crippen LogP contribution in [0.3, 0.4) is 0 Å². The maximum absolute atomic E-state index is 13.4. The van der Waals surface area contributed by atoms with E-state index in [-0.39, 0.29) is 16.7 Å². The number of benzene rings is 1. The van der Waals surface area contributed by atoms with Crippen LogP contribution >= 0.6 is 0 Å². The Labute approximate surface area is 196 Å². The largest absolute Gasteiger partial charge is 0.416 e. The number of carbonyl (C=O) groups excluding carboxylic acids is 1. The number of nitrogens with zero attached hydrogens (tertiary/aromatic N) is 3. The van der Waals surface area contributed by atoms with Gasteiger partial charge in [-0.05, 0) is 69.9 Å². The van der Waals surface area contributed by atoms with Gasteiger partial charge in [-0.3, -0.25) is 9.20 Å². The Morgan fingerprint density at radius 2 is 1.74 bits per heavy atom. The molecule has 182 valence electrons. The van der Waals surface area contributed by atoms with Crippen molar-refractivity contribution in [2.75, 3.05) is 13.1 Å². The number of sulfone groups is 1. The van der Waals surface area contributed by atoms with E-state index in [1.165, 1.54) is 6.07 Å². The average Bonchev–Trinajstić information content (AvgIpc) is 3.13. The number of likely N-dealkylation sites (tertiary alicyclic amines) is 1. The lowest BCUT2D eigenvalue weighted by atomic mass is 9.85. The molecule has 0 N–H and O–H groups in total. The lowest BCUT2D eigenvalue weighted by Crippen LogP contribution is -2.48. The molecule has 0 aliphatic carbocycles. The van der Waals surface area contributed by atoms with Crippen molar-refractivity contribution in [2.45, 2.75) is 49.4 Å². The van der Waals surface area contributed by atoms with Crippen molar-refractivity contribution in [3.63, 3.8) is 0 Å². The minimum absolute atomic E-state index is 0.173. The zero-order chi connectivity index (χ0) is 24.9. The summed E-state index contributed by atoms with van der Waals surface area (Å²) in [5.74, 6) is -0.493. The first-order chi connectivity index (χ1) is 15.8. The van der Waals surface area contributed by atoms with Gasteiger partial charge in [0.2, 0.25) is 0 Å². The normalized spacial score (nSPS) is 16.2. The van der Waals surface area contributed by atoms with Gasteiger partial charge in [0.05, 0.1) is 20.9 Å². The van der Waals surface area contributed by atoms with Crippen LogP contribution in [0, 0.1) is 12.8 Å². The molecular formula is C24H26F3N3O3S. The van der Waals surface area contributed by atoms with Crippen molar-refractivity contribution in [3.8, 4) is 0 Å². The van der Waals surface area contributed by atoms with Crippen molar-refractivity contribution in [2.24, 2.45) is 5.92 Å². The number of alkyl halides is 3. The van der Waals surface area contributed by atoms with E-state index in [0.29, 0.717) is 49.0 Å². The second-order valence-corrected chi connectivity index (χ2v) is 11.7. The molecule has 10 heteroatoms. The molecule has 34 heavy (non-hydrogen) atoms. The Bertz CT molecular complexity index is 1340. The Kier molecular flexibility index (Phi) is 6.00. The Morgan fingerprint density at radius 3 is 2.38 bits per heavy atom. The van der Waals surface area contributed by atoms with Crippen LogP contribution in [0.1, 0.15) is 48.4 Å². The van der Waals surface area contributed by atoms with Gasteiger partial charge in [-0.1, -0.05) is 12.1 Å². The number of aromatic nitrogens is 2. The molecule has 0 spiro atoms. The number of hydrogen-bond acceptors (Lipinski definition) is 4. The monoisotopic (exact) mass is 493 g/mol. The van der Waals surface area contributed by atoms with E-state index in [1.807, 2.05) is 18.2 Å². The number of carbonyl (C=O) groups is 1. The molecule has 1 aromatic carbocycles. The van der Waals surface area contributed by atoms with Crippen LogP contribution in [0.25, 0.3) is 5.65 Å². The van der Waals surface area contributed by atoms with E-state index in [4.69, 9.17) is 0 Å². The lowest BCUT2D eigenvalue weighted by Gasteiger charge is -2.40. The van der Waals surface area contributed by atoms with Crippen molar-refractivity contribution in [1.82, 2.24) is 14.3 Å². The minimum Gasteiger partial charge on any atom is -0.337 e. The average molecular weight is 494 g/mol. The first-order valence-electron chi connectivity index (χ1n) is 11.0. The van der Waals surface area contributed by atoms with E-state index in [1.54, 1.807) is 36.3 Å². The molecule has 0 saturated carbocycles. The Morgan fingerprint density at radius 1 is 1.06 bits per heavy atom. The summed E-state index contributed by atoms with van der Waals surface area (Å²) in [5, 5.41) is 0. The molecule has 4 rings (SSSR count). The van der Waals surface area contributed by atoms with Gasteiger partial charge in [-0.15, -0.1) is 0 Å². The van der Waals surface area contributed by atoms with Gasteiger partial charge in [0, 0.05) is 19.3 Å². The number of fused-ring (bicyclic) bond motifs is 1. The van der Waals surface area contributed by atoms with Crippen molar-refractivity contribution >= 4 is 21.4 Å². The molecule has 0 unspecified atom stereocenters. The maximum atomic E-state index is 13.4. The number of amides is 1. The predicted octanol–water partition coefficient (Wildman–Crippen LogP) is 4.77. The number of halogens is 3. The summed E-state index contributed by atoms with van der Waals surface area (Å²) in [7, 11) is -4.05. The molecule has 0 atom stereocenters. The smallest absolute Gasteiger partial charge is 0.337 e. The summed E-state index contributed by atoms with van der Waals surface area (Å²) in [4.78, 5) is 19.0. The van der Waals surface area contributed by atoms with Crippen LogP contribution < -0.4 is 0 Å². The quantitative estimate of drug-likeness (QED) is 0.525. The molecule has 1 aliphatic rings. The van der Waals surface area contributed by atoms with Gasteiger partial charge < -0.3 is 4.90 Å². The van der Waals surface area contributed by atoms with E-state index in [9.17, 15) is 26.4 Å². The number of pyridine rings is 1. The zero-order valence-corrected chi connectivity index (χ0v) is 19.9. The third kappa shape index (κ3) is 4.08. The van der Waals surface area contributed by atoms with Crippen molar-refractivity contribution < 1.29 is 26.4 Å². The van der Waals surface area contributed by atoms with E-state index in [2.05, 4.69) is 4.98 Å². The fourth-order valence-electron chi connectivity index (χ4n) is 4.66. The van der Waals surface area contributed by atoms with Crippen LogP contribution in [0.4, 0.5) is 13.2 Å². The highest BCUT2D eigenvalue weighted by atomic mass is 32.2. The number of hydrogen-bond donors (Lipinski definition) is 0. The first kappa shape index (κ1) is 24.3. The molecule has 1 fully saturated rings. The zero-order valence-electron chi connectivity index (χ0n) is 19.1. The molecule has 1 saturated heterocycles. The van der Waals surface area contributed by atoms with Crippen LogP contribution in [-0.4, -0.2) is 46.4 Å². The number of piperidine rings is 1. The molecule has 0 bridgehead atoms. The topological polar surface area (TPSA) is 71.8 Å². The van der Waals surface area contributed by atoms with Crippen LogP contribution in [0.15, 0.2) is 53.6 Å². The Hall–Kier alpha value is -2.88. The third-order valence-electron chi connectivity index (χ3n) is 6.84. The summed E-state index contributed by atoms with van der Waals surface area (Å²) < 4.78 is 66.6. The van der Waals surface area contributed by atoms with Gasteiger partial charge in [0.25, 0.3) is 5.91 Å². The second kappa shape index (κ2) is 8.41. The molecule has 0 radical (unpaired) electrons. The summed E-state index contributed by atoms with van der Waals surface area (Å²) in [6.45, 7) is 5.59. The fraction of sp³-hybridized carbons (Fsp3) is 0.417. The minimum atomic E-state index is -4.63. The van der Waals surface area contributed by atoms with Crippen LogP contribution in [0.2, 0.25) is 0 Å². The van der Waals surface area contributed by atoms with E-state index >= 15 is 0 Å². The third-order valence-corrected chi connectivity index (χ3v) is 9.43. The lowest BCUT2D eigenvalue weighted by molar-refractivity contribution is -0.137. The molecule has 3 aromatic rings. The van der Waals surface area contributed by atoms with Gasteiger partial charge >= 0.3 is 6.18 Å². The Balaban J connectivity index is 1.53. The second-order valence-electron chi connectivity index (χ2n) is 9.17. The molecule has 2 aromatic heterocycles. The molecule has 3 heterocycles.